The second kappa shape index (κ2) is 4.74. The van der Waals surface area contributed by atoms with Gasteiger partial charge in [0.2, 0.25) is 0 Å². The molecule has 1 aromatic heterocycles. The van der Waals surface area contributed by atoms with Gasteiger partial charge in [-0.2, -0.15) is 15.4 Å². The van der Waals surface area contributed by atoms with E-state index < -0.39 is 0 Å². The molecule has 1 atom stereocenters. The van der Waals surface area contributed by atoms with Crippen LogP contribution in [0, 0.1) is 0 Å². The van der Waals surface area contributed by atoms with Crippen LogP contribution in [0.15, 0.2) is 6.20 Å². The van der Waals surface area contributed by atoms with Crippen LogP contribution >= 0.6 is 0 Å². The lowest BCUT2D eigenvalue weighted by atomic mass is 10.2. The van der Waals surface area contributed by atoms with Crippen LogP contribution in [0.2, 0.25) is 0 Å². The summed E-state index contributed by atoms with van der Waals surface area (Å²) in [5, 5.41) is 9.83. The molecule has 0 fully saturated rings. The lowest BCUT2D eigenvalue weighted by molar-refractivity contribution is 0.0694. The molecule has 1 rings (SSSR count). The fourth-order valence-electron chi connectivity index (χ4n) is 1.33. The zero-order chi connectivity index (χ0) is 10.6. The van der Waals surface area contributed by atoms with Gasteiger partial charge in [0, 0.05) is 12.6 Å². The highest BCUT2D eigenvalue weighted by Gasteiger charge is 2.20. The topological polar surface area (TPSA) is 61.9 Å². The summed E-state index contributed by atoms with van der Waals surface area (Å²) in [6, 6.07) is 0.240. The first-order valence-electron chi connectivity index (χ1n) is 4.87. The van der Waals surface area contributed by atoms with E-state index in [1.54, 1.807) is 4.90 Å². The number of rotatable bonds is 4. The summed E-state index contributed by atoms with van der Waals surface area (Å²) in [5.74, 6) is -0.0596. The van der Waals surface area contributed by atoms with Crippen LogP contribution in [0.1, 0.15) is 37.7 Å². The number of carbonyl (C=O) groups is 1. The third-order valence-corrected chi connectivity index (χ3v) is 2.36. The maximum atomic E-state index is 11.8. The molecule has 1 unspecified atom stereocenters. The zero-order valence-corrected chi connectivity index (χ0v) is 8.82. The number of amides is 1. The van der Waals surface area contributed by atoms with Crippen LogP contribution in [0.5, 0.6) is 0 Å². The molecular weight excluding hydrogens is 180 g/mol. The number of hydrogen-bond acceptors (Lipinski definition) is 3. The van der Waals surface area contributed by atoms with Gasteiger partial charge in [-0.1, -0.05) is 6.92 Å². The average molecular weight is 196 g/mol. The fraction of sp³-hybridized carbons (Fsp3) is 0.667. The van der Waals surface area contributed by atoms with Crippen molar-refractivity contribution in [1.29, 1.82) is 0 Å². The van der Waals surface area contributed by atoms with Gasteiger partial charge in [-0.05, 0) is 20.3 Å². The predicted molar refractivity (Wildman–Crippen MR) is 52.8 cm³/mol. The van der Waals surface area contributed by atoms with Crippen molar-refractivity contribution in [1.82, 2.24) is 20.3 Å². The molecule has 1 heterocycles. The Morgan fingerprint density at radius 3 is 2.79 bits per heavy atom. The van der Waals surface area contributed by atoms with Gasteiger partial charge < -0.3 is 4.90 Å². The summed E-state index contributed by atoms with van der Waals surface area (Å²) in [6.45, 7) is 6.75. The van der Waals surface area contributed by atoms with Gasteiger partial charge in [-0.15, -0.1) is 0 Å². The van der Waals surface area contributed by atoms with Crippen molar-refractivity contribution < 1.29 is 4.79 Å². The van der Waals surface area contributed by atoms with E-state index in [0.29, 0.717) is 12.2 Å². The molecule has 78 valence electrons. The molecule has 0 aromatic carbocycles. The first-order chi connectivity index (χ1) is 6.70. The number of carbonyl (C=O) groups excluding carboxylic acids is 1. The Morgan fingerprint density at radius 1 is 1.64 bits per heavy atom. The molecule has 0 saturated carbocycles. The number of nitrogens with zero attached hydrogens (tertiary/aromatic N) is 3. The quantitative estimate of drug-likeness (QED) is 0.783. The zero-order valence-electron chi connectivity index (χ0n) is 8.82. The molecule has 14 heavy (non-hydrogen) atoms. The fourth-order valence-corrected chi connectivity index (χ4v) is 1.33. The second-order valence-electron chi connectivity index (χ2n) is 3.20. The number of aromatic nitrogens is 3. The molecule has 5 heteroatoms. The normalized spacial score (nSPS) is 12.5. The monoisotopic (exact) mass is 196 g/mol. The first kappa shape index (κ1) is 10.7. The van der Waals surface area contributed by atoms with E-state index in [0.717, 1.165) is 6.42 Å². The minimum atomic E-state index is -0.0596. The van der Waals surface area contributed by atoms with Gasteiger partial charge in [0.15, 0.2) is 5.69 Å². The Balaban J connectivity index is 2.75. The van der Waals surface area contributed by atoms with Crippen molar-refractivity contribution in [2.24, 2.45) is 0 Å². The van der Waals surface area contributed by atoms with Crippen LogP contribution in [-0.4, -0.2) is 38.8 Å². The summed E-state index contributed by atoms with van der Waals surface area (Å²) in [7, 11) is 0. The number of aromatic amines is 1. The molecule has 5 nitrogen and oxygen atoms in total. The van der Waals surface area contributed by atoms with Gasteiger partial charge in [-0.3, -0.25) is 4.79 Å². The number of hydrogen-bond donors (Lipinski definition) is 1. The minimum absolute atomic E-state index is 0.0596. The Bertz CT molecular complexity index is 283. The molecule has 0 aliphatic carbocycles. The Labute approximate surface area is 83.5 Å². The first-order valence-corrected chi connectivity index (χ1v) is 4.87. The number of H-pyrrole nitrogens is 1. The van der Waals surface area contributed by atoms with E-state index in [-0.39, 0.29) is 11.9 Å². The van der Waals surface area contributed by atoms with E-state index in [9.17, 15) is 4.79 Å². The SMILES string of the molecule is CCC(C)N(CC)C(=O)c1cn[nH]n1. The number of nitrogens with one attached hydrogen (secondary N) is 1. The van der Waals surface area contributed by atoms with E-state index in [1.807, 2.05) is 13.8 Å². The molecule has 1 aromatic rings. The molecule has 0 radical (unpaired) electrons. The Morgan fingerprint density at radius 2 is 2.36 bits per heavy atom. The summed E-state index contributed by atoms with van der Waals surface area (Å²) in [6.07, 6.45) is 2.39. The third-order valence-electron chi connectivity index (χ3n) is 2.36. The van der Waals surface area contributed by atoms with E-state index in [1.165, 1.54) is 6.20 Å². The van der Waals surface area contributed by atoms with Crippen LogP contribution in [0.25, 0.3) is 0 Å². The van der Waals surface area contributed by atoms with E-state index >= 15 is 0 Å². The van der Waals surface area contributed by atoms with Gasteiger partial charge in [0.1, 0.15) is 0 Å². The maximum absolute atomic E-state index is 11.8. The molecule has 0 aliphatic rings. The summed E-state index contributed by atoms with van der Waals surface area (Å²) >= 11 is 0. The summed E-state index contributed by atoms with van der Waals surface area (Å²) < 4.78 is 0. The van der Waals surface area contributed by atoms with Crippen LogP contribution in [0.4, 0.5) is 0 Å². The molecule has 0 saturated heterocycles. The second-order valence-corrected chi connectivity index (χ2v) is 3.20. The lowest BCUT2D eigenvalue weighted by Crippen LogP contribution is -2.38. The van der Waals surface area contributed by atoms with Crippen LogP contribution in [-0.2, 0) is 0 Å². The van der Waals surface area contributed by atoms with Gasteiger partial charge in [0.25, 0.3) is 5.91 Å². The molecular formula is C9H16N4O. The largest absolute Gasteiger partial charge is 0.335 e. The molecule has 0 spiro atoms. The van der Waals surface area contributed by atoms with Crippen LogP contribution < -0.4 is 0 Å². The summed E-state index contributed by atoms with van der Waals surface area (Å²) in [5.41, 5.74) is 0.382. The van der Waals surface area contributed by atoms with Crippen molar-refractivity contribution in [2.75, 3.05) is 6.54 Å². The lowest BCUT2D eigenvalue weighted by Gasteiger charge is -2.26. The Hall–Kier alpha value is -1.39. The predicted octanol–water partition coefficient (Wildman–Crippen LogP) is 1.07. The molecule has 0 aliphatic heterocycles. The van der Waals surface area contributed by atoms with Crippen molar-refractivity contribution >= 4 is 5.91 Å². The van der Waals surface area contributed by atoms with Crippen molar-refractivity contribution in [3.8, 4) is 0 Å². The maximum Gasteiger partial charge on any atom is 0.276 e. The average Bonchev–Trinajstić information content (AvgIpc) is 2.71. The summed E-state index contributed by atoms with van der Waals surface area (Å²) in [4.78, 5) is 13.6. The smallest absolute Gasteiger partial charge is 0.276 e. The van der Waals surface area contributed by atoms with E-state index in [4.69, 9.17) is 0 Å². The minimum Gasteiger partial charge on any atom is -0.335 e. The Kier molecular flexibility index (Phi) is 3.62. The van der Waals surface area contributed by atoms with Gasteiger partial charge in [0.05, 0.1) is 6.20 Å². The van der Waals surface area contributed by atoms with Crippen molar-refractivity contribution in [3.05, 3.63) is 11.9 Å². The van der Waals surface area contributed by atoms with Crippen molar-refractivity contribution in [3.63, 3.8) is 0 Å². The van der Waals surface area contributed by atoms with E-state index in [2.05, 4.69) is 22.3 Å². The third kappa shape index (κ3) is 2.10. The molecule has 1 N–H and O–H groups in total. The molecule has 1 amide bonds. The highest BCUT2D eigenvalue weighted by molar-refractivity contribution is 5.92. The molecule has 0 bridgehead atoms. The standard InChI is InChI=1S/C9H16N4O/c1-4-7(3)13(5-2)9(14)8-6-10-12-11-8/h6-7H,4-5H2,1-3H3,(H,10,11,12). The van der Waals surface area contributed by atoms with Gasteiger partial charge in [-0.25, -0.2) is 0 Å². The highest BCUT2D eigenvalue weighted by Crippen LogP contribution is 2.07. The van der Waals surface area contributed by atoms with Crippen molar-refractivity contribution in [2.45, 2.75) is 33.2 Å². The van der Waals surface area contributed by atoms with Crippen LogP contribution in [0.3, 0.4) is 0 Å². The highest BCUT2D eigenvalue weighted by atomic mass is 16.2. The van der Waals surface area contributed by atoms with Gasteiger partial charge >= 0.3 is 0 Å².